The Morgan fingerprint density at radius 2 is 2.22 bits per heavy atom. The minimum Gasteiger partial charge on any atom is -0.453 e. The minimum absolute atomic E-state index is 0.0169. The van der Waals surface area contributed by atoms with E-state index >= 15 is 0 Å². The molecule has 126 valence electrons. The lowest BCUT2D eigenvalue weighted by Crippen LogP contribution is -2.52. The van der Waals surface area contributed by atoms with Crippen LogP contribution in [0.3, 0.4) is 0 Å². The van der Waals surface area contributed by atoms with Crippen LogP contribution in [0, 0.1) is 15.5 Å². The summed E-state index contributed by atoms with van der Waals surface area (Å²) in [6.45, 7) is 3.84. The molecule has 0 radical (unpaired) electrons. The summed E-state index contributed by atoms with van der Waals surface area (Å²) in [6, 6.07) is -0.343. The quantitative estimate of drug-likeness (QED) is 0.714. The first kappa shape index (κ1) is 16.5. The van der Waals surface area contributed by atoms with Crippen molar-refractivity contribution < 1.29 is 14.3 Å². The molecule has 1 saturated heterocycles. The molecule has 1 aromatic rings. The molecule has 8 heteroatoms. The maximum Gasteiger partial charge on any atom is 0.407 e. The lowest BCUT2D eigenvalue weighted by Gasteiger charge is -2.31. The van der Waals surface area contributed by atoms with Gasteiger partial charge in [0.25, 0.3) is 0 Å². The van der Waals surface area contributed by atoms with Gasteiger partial charge in [0.1, 0.15) is 11.9 Å². The fourth-order valence-corrected chi connectivity index (χ4v) is 3.78. The van der Waals surface area contributed by atoms with Gasteiger partial charge in [-0.15, -0.1) is 0 Å². The summed E-state index contributed by atoms with van der Waals surface area (Å²) in [7, 11) is 1.30. The average Bonchev–Trinajstić information content (AvgIpc) is 2.96. The molecule has 2 fully saturated rings. The van der Waals surface area contributed by atoms with Crippen LogP contribution in [0.2, 0.25) is 0 Å². The highest BCUT2D eigenvalue weighted by atomic mass is 127. The Hall–Kier alpha value is -1.32. The number of carbonyl (C=O) groups is 2. The number of alkyl carbamates (subject to hydrolysis) is 1. The molecular formula is C15H21IN4O3. The number of rotatable bonds is 4. The molecule has 4 atom stereocenters. The van der Waals surface area contributed by atoms with Crippen LogP contribution in [0.25, 0.3) is 0 Å². The second-order valence-electron chi connectivity index (χ2n) is 6.53. The van der Waals surface area contributed by atoms with Crippen molar-refractivity contribution in [2.45, 2.75) is 44.8 Å². The third-order valence-electron chi connectivity index (χ3n) is 4.63. The Labute approximate surface area is 148 Å². The fraction of sp³-hybridized carbons (Fsp3) is 0.667. The molecule has 2 N–H and O–H groups in total. The highest BCUT2D eigenvalue weighted by Gasteiger charge is 2.56. The van der Waals surface area contributed by atoms with Gasteiger partial charge in [-0.25, -0.2) is 9.78 Å². The number of H-pyrrole nitrogens is 1. The van der Waals surface area contributed by atoms with Crippen molar-refractivity contribution in [2.75, 3.05) is 7.11 Å². The standard InChI is InChI=1S/C15H21IN4O3/c1-7(2)12(19-15(22)23-3)14(21)20-9-4-8(9)5-10(20)13-17-6-11(16)18-13/h6-10,12H,4-5H2,1-3H3,(H,17,18)(H,19,22)/t8-,9-,10+,12+/m1/s1. The van der Waals surface area contributed by atoms with Crippen molar-refractivity contribution >= 4 is 34.6 Å². The van der Waals surface area contributed by atoms with E-state index in [9.17, 15) is 9.59 Å². The van der Waals surface area contributed by atoms with Gasteiger partial charge in [0.15, 0.2) is 0 Å². The van der Waals surface area contributed by atoms with E-state index in [0.717, 1.165) is 22.4 Å². The van der Waals surface area contributed by atoms with Crippen LogP contribution >= 0.6 is 22.6 Å². The first-order valence-corrected chi connectivity index (χ1v) is 8.87. The second kappa shape index (κ2) is 6.29. The summed E-state index contributed by atoms with van der Waals surface area (Å²) in [4.78, 5) is 34.2. The van der Waals surface area contributed by atoms with Gasteiger partial charge < -0.3 is 19.9 Å². The molecule has 1 aromatic heterocycles. The molecule has 0 unspecified atom stereocenters. The van der Waals surface area contributed by atoms with Crippen LogP contribution in [0.5, 0.6) is 0 Å². The number of piperidine rings is 1. The number of nitrogens with one attached hydrogen (secondary N) is 2. The zero-order chi connectivity index (χ0) is 16.7. The maximum atomic E-state index is 13.1. The Morgan fingerprint density at radius 3 is 2.78 bits per heavy atom. The van der Waals surface area contributed by atoms with Crippen LogP contribution in [-0.4, -0.2) is 46.1 Å². The Morgan fingerprint density at radius 1 is 1.48 bits per heavy atom. The predicted octanol–water partition coefficient (Wildman–Crippen LogP) is 2.06. The van der Waals surface area contributed by atoms with Crippen LogP contribution < -0.4 is 5.32 Å². The number of ether oxygens (including phenoxy) is 1. The number of hydrogen-bond donors (Lipinski definition) is 2. The monoisotopic (exact) mass is 432 g/mol. The lowest BCUT2D eigenvalue weighted by molar-refractivity contribution is -0.136. The highest BCUT2D eigenvalue weighted by Crippen LogP contribution is 2.53. The number of aromatic amines is 1. The summed E-state index contributed by atoms with van der Waals surface area (Å²) in [5.74, 6) is 1.32. The van der Waals surface area contributed by atoms with Gasteiger partial charge in [-0.3, -0.25) is 4.79 Å². The van der Waals surface area contributed by atoms with E-state index in [2.05, 4.69) is 42.6 Å². The number of fused-ring (bicyclic) bond motifs is 1. The van der Waals surface area contributed by atoms with Gasteiger partial charge in [0, 0.05) is 6.04 Å². The van der Waals surface area contributed by atoms with Crippen LogP contribution in [0.4, 0.5) is 4.79 Å². The average molecular weight is 432 g/mol. The molecule has 3 rings (SSSR count). The molecule has 1 aliphatic carbocycles. The smallest absolute Gasteiger partial charge is 0.407 e. The minimum atomic E-state index is -0.585. The van der Waals surface area contributed by atoms with Crippen molar-refractivity contribution in [3.05, 3.63) is 15.7 Å². The van der Waals surface area contributed by atoms with Gasteiger partial charge in [-0.2, -0.15) is 0 Å². The fourth-order valence-electron chi connectivity index (χ4n) is 3.36. The molecule has 1 aliphatic heterocycles. The topological polar surface area (TPSA) is 87.3 Å². The van der Waals surface area contributed by atoms with E-state index in [1.807, 2.05) is 18.7 Å². The van der Waals surface area contributed by atoms with Gasteiger partial charge in [0.05, 0.1) is 23.0 Å². The summed E-state index contributed by atoms with van der Waals surface area (Å²) >= 11 is 2.18. The normalized spacial score (nSPS) is 26.8. The molecule has 2 aliphatic rings. The third-order valence-corrected chi connectivity index (χ3v) is 5.18. The maximum absolute atomic E-state index is 13.1. The van der Waals surface area contributed by atoms with E-state index < -0.39 is 12.1 Å². The predicted molar refractivity (Wildman–Crippen MR) is 91.6 cm³/mol. The number of aromatic nitrogens is 2. The molecule has 7 nitrogen and oxygen atoms in total. The molecule has 0 bridgehead atoms. The summed E-state index contributed by atoms with van der Waals surface area (Å²) in [5, 5.41) is 2.67. The molecule has 2 amide bonds. The zero-order valence-electron chi connectivity index (χ0n) is 13.4. The van der Waals surface area contributed by atoms with Gasteiger partial charge >= 0.3 is 6.09 Å². The first-order valence-electron chi connectivity index (χ1n) is 7.79. The SMILES string of the molecule is COC(=O)N[C@H](C(=O)N1[C@@H]2C[C@@H]2C[C@H]1c1ncc(I)[nH]1)C(C)C. The summed E-state index contributed by atoms with van der Waals surface area (Å²) in [5.41, 5.74) is 0. The molecular weight excluding hydrogens is 411 g/mol. The van der Waals surface area contributed by atoms with E-state index in [1.165, 1.54) is 7.11 Å². The Kier molecular flexibility index (Phi) is 4.52. The summed E-state index contributed by atoms with van der Waals surface area (Å²) in [6.07, 6.45) is 3.18. The van der Waals surface area contributed by atoms with Crippen LogP contribution in [0.15, 0.2) is 6.20 Å². The molecule has 1 saturated carbocycles. The Balaban J connectivity index is 1.81. The number of methoxy groups -OCH3 is 1. The molecule has 2 heterocycles. The number of likely N-dealkylation sites (tertiary alicyclic amines) is 1. The number of hydrogen-bond acceptors (Lipinski definition) is 4. The van der Waals surface area contributed by atoms with Gasteiger partial charge in [-0.1, -0.05) is 13.8 Å². The van der Waals surface area contributed by atoms with Gasteiger partial charge in [-0.05, 0) is 47.3 Å². The number of imidazole rings is 1. The lowest BCUT2D eigenvalue weighted by atomic mass is 10.0. The van der Waals surface area contributed by atoms with Crippen molar-refractivity contribution in [3.8, 4) is 0 Å². The molecule has 0 aromatic carbocycles. The Bertz CT molecular complexity index is 618. The number of carbonyl (C=O) groups excluding carboxylic acids is 2. The van der Waals surface area contributed by atoms with E-state index in [-0.39, 0.29) is 23.9 Å². The van der Waals surface area contributed by atoms with E-state index in [0.29, 0.717) is 5.92 Å². The van der Waals surface area contributed by atoms with Crippen molar-refractivity contribution in [2.24, 2.45) is 11.8 Å². The largest absolute Gasteiger partial charge is 0.453 e. The van der Waals surface area contributed by atoms with E-state index in [1.54, 1.807) is 6.20 Å². The van der Waals surface area contributed by atoms with Crippen LogP contribution in [-0.2, 0) is 9.53 Å². The van der Waals surface area contributed by atoms with Gasteiger partial charge in [0.2, 0.25) is 5.91 Å². The third kappa shape index (κ3) is 3.17. The second-order valence-corrected chi connectivity index (χ2v) is 7.70. The van der Waals surface area contributed by atoms with Crippen LogP contribution in [0.1, 0.15) is 38.6 Å². The van der Waals surface area contributed by atoms with Crippen molar-refractivity contribution in [1.29, 1.82) is 0 Å². The first-order chi connectivity index (χ1) is 10.9. The summed E-state index contributed by atoms with van der Waals surface area (Å²) < 4.78 is 5.61. The molecule has 0 spiro atoms. The molecule has 23 heavy (non-hydrogen) atoms. The number of halogens is 1. The zero-order valence-corrected chi connectivity index (χ0v) is 15.5. The number of amides is 2. The van der Waals surface area contributed by atoms with Crippen molar-refractivity contribution in [3.63, 3.8) is 0 Å². The van der Waals surface area contributed by atoms with Crippen molar-refractivity contribution in [1.82, 2.24) is 20.2 Å². The number of nitrogens with zero attached hydrogens (tertiary/aromatic N) is 2. The van der Waals surface area contributed by atoms with E-state index in [4.69, 9.17) is 0 Å². The highest BCUT2D eigenvalue weighted by molar-refractivity contribution is 14.1.